The van der Waals surface area contributed by atoms with Crippen LogP contribution in [0.3, 0.4) is 0 Å². The van der Waals surface area contributed by atoms with Crippen molar-refractivity contribution >= 4 is 17.6 Å². The normalized spacial score (nSPS) is 15.1. The maximum atomic E-state index is 9.94. The lowest BCUT2D eigenvalue weighted by Gasteiger charge is -2.29. The molecule has 0 unspecified atom stereocenters. The third kappa shape index (κ3) is 6.21. The Hall–Kier alpha value is -2.64. The first-order valence-corrected chi connectivity index (χ1v) is 9.45. The van der Waals surface area contributed by atoms with Crippen molar-refractivity contribution in [3.8, 4) is 5.88 Å². The number of ether oxygens (including phenoxy) is 2. The Bertz CT molecular complexity index is 812. The molecule has 7 heteroatoms. The summed E-state index contributed by atoms with van der Waals surface area (Å²) < 4.78 is 11.2. The molecule has 0 spiro atoms. The summed E-state index contributed by atoms with van der Waals surface area (Å²) in [6.45, 7) is 8.61. The van der Waals surface area contributed by atoms with E-state index in [1.807, 2.05) is 43.3 Å². The van der Waals surface area contributed by atoms with Gasteiger partial charge in [0.1, 0.15) is 6.61 Å². The Morgan fingerprint density at radius 2 is 2.07 bits per heavy atom. The first-order valence-electron chi connectivity index (χ1n) is 9.45. The number of hydrazone groups is 1. The molecule has 0 atom stereocenters. The zero-order chi connectivity index (χ0) is 20.0. The molecule has 1 aromatic heterocycles. The molecule has 2 heterocycles. The standard InChI is InChI=1S/C21H28N4O3/c1-16-5-4-6-17(11-16)24-22-14-18-12-19(25-7-9-27-10-8-25)13-20(23-18)28-15-21(2,3)26/h4-6,11-14,24,26H,7-10,15H2,1-3H3. The summed E-state index contributed by atoms with van der Waals surface area (Å²) in [6, 6.07) is 11.9. The summed E-state index contributed by atoms with van der Waals surface area (Å²) in [5.74, 6) is 0.461. The van der Waals surface area contributed by atoms with Gasteiger partial charge in [0, 0.05) is 24.8 Å². The number of aliphatic hydroxyl groups is 1. The number of morpholine rings is 1. The second-order valence-corrected chi connectivity index (χ2v) is 7.53. The van der Waals surface area contributed by atoms with E-state index < -0.39 is 5.60 Å². The first kappa shape index (κ1) is 20.1. The molecular formula is C21H28N4O3. The Morgan fingerprint density at radius 1 is 1.29 bits per heavy atom. The predicted molar refractivity (Wildman–Crippen MR) is 111 cm³/mol. The van der Waals surface area contributed by atoms with Crippen molar-refractivity contribution in [2.45, 2.75) is 26.4 Å². The van der Waals surface area contributed by atoms with E-state index in [-0.39, 0.29) is 6.61 Å². The van der Waals surface area contributed by atoms with Crippen molar-refractivity contribution in [1.82, 2.24) is 4.98 Å². The molecule has 7 nitrogen and oxygen atoms in total. The van der Waals surface area contributed by atoms with Gasteiger partial charge >= 0.3 is 0 Å². The minimum Gasteiger partial charge on any atom is -0.475 e. The highest BCUT2D eigenvalue weighted by molar-refractivity contribution is 5.80. The third-order valence-electron chi connectivity index (χ3n) is 4.16. The van der Waals surface area contributed by atoms with Crippen molar-refractivity contribution < 1.29 is 14.6 Å². The van der Waals surface area contributed by atoms with Crippen LogP contribution in [0.25, 0.3) is 0 Å². The lowest BCUT2D eigenvalue weighted by molar-refractivity contribution is 0.0268. The third-order valence-corrected chi connectivity index (χ3v) is 4.16. The minimum atomic E-state index is -0.933. The maximum absolute atomic E-state index is 9.94. The van der Waals surface area contributed by atoms with Gasteiger partial charge in [-0.15, -0.1) is 0 Å². The minimum absolute atomic E-state index is 0.157. The second-order valence-electron chi connectivity index (χ2n) is 7.53. The summed E-state index contributed by atoms with van der Waals surface area (Å²) in [7, 11) is 0. The zero-order valence-corrected chi connectivity index (χ0v) is 16.7. The molecule has 0 bridgehead atoms. The van der Waals surface area contributed by atoms with E-state index in [2.05, 4.69) is 20.4 Å². The van der Waals surface area contributed by atoms with Gasteiger partial charge in [0.25, 0.3) is 0 Å². The van der Waals surface area contributed by atoms with Crippen LogP contribution in [0.2, 0.25) is 0 Å². The van der Waals surface area contributed by atoms with Crippen LogP contribution >= 0.6 is 0 Å². The van der Waals surface area contributed by atoms with Crippen LogP contribution in [0.4, 0.5) is 11.4 Å². The van der Waals surface area contributed by atoms with Crippen molar-refractivity contribution in [3.05, 3.63) is 47.7 Å². The van der Waals surface area contributed by atoms with E-state index in [4.69, 9.17) is 9.47 Å². The smallest absolute Gasteiger partial charge is 0.216 e. The number of aromatic nitrogens is 1. The number of rotatable bonds is 7. The van der Waals surface area contributed by atoms with Crippen molar-refractivity contribution in [3.63, 3.8) is 0 Å². The molecule has 0 aliphatic carbocycles. The van der Waals surface area contributed by atoms with Gasteiger partial charge in [-0.1, -0.05) is 12.1 Å². The highest BCUT2D eigenvalue weighted by Crippen LogP contribution is 2.22. The fourth-order valence-electron chi connectivity index (χ4n) is 2.79. The first-order chi connectivity index (χ1) is 13.4. The van der Waals surface area contributed by atoms with Crippen molar-refractivity contribution in [2.24, 2.45) is 5.10 Å². The number of anilines is 2. The van der Waals surface area contributed by atoms with E-state index in [0.717, 1.165) is 30.0 Å². The fraction of sp³-hybridized carbons (Fsp3) is 0.429. The topological polar surface area (TPSA) is 79.2 Å². The lowest BCUT2D eigenvalue weighted by atomic mass is 10.2. The molecule has 1 aliphatic rings. The molecule has 0 amide bonds. The molecule has 1 aromatic carbocycles. The van der Waals surface area contributed by atoms with E-state index in [0.29, 0.717) is 24.8 Å². The summed E-state index contributed by atoms with van der Waals surface area (Å²) in [5, 5.41) is 14.2. The molecule has 28 heavy (non-hydrogen) atoms. The largest absolute Gasteiger partial charge is 0.475 e. The Kier molecular flexibility index (Phi) is 6.49. The summed E-state index contributed by atoms with van der Waals surface area (Å²) in [6.07, 6.45) is 1.67. The number of hydrogen-bond donors (Lipinski definition) is 2. The number of pyridine rings is 1. The van der Waals surface area contributed by atoms with E-state index in [1.54, 1.807) is 20.1 Å². The molecule has 1 saturated heterocycles. The highest BCUT2D eigenvalue weighted by atomic mass is 16.5. The van der Waals surface area contributed by atoms with E-state index in [9.17, 15) is 5.11 Å². The number of nitrogens with one attached hydrogen (secondary N) is 1. The van der Waals surface area contributed by atoms with Gasteiger partial charge in [-0.2, -0.15) is 5.10 Å². The average Bonchev–Trinajstić information content (AvgIpc) is 2.67. The van der Waals surface area contributed by atoms with Crippen LogP contribution in [-0.2, 0) is 4.74 Å². The van der Waals surface area contributed by atoms with Gasteiger partial charge in [0.05, 0.1) is 36.4 Å². The molecule has 0 saturated carbocycles. The van der Waals surface area contributed by atoms with Gasteiger partial charge in [-0.25, -0.2) is 4.98 Å². The molecule has 3 rings (SSSR count). The van der Waals surface area contributed by atoms with Crippen molar-refractivity contribution in [2.75, 3.05) is 43.2 Å². The van der Waals surface area contributed by atoms with Crippen LogP contribution in [-0.4, -0.2) is 54.8 Å². The zero-order valence-electron chi connectivity index (χ0n) is 16.7. The molecule has 1 fully saturated rings. The summed E-state index contributed by atoms with van der Waals surface area (Å²) in [5.41, 5.74) is 5.85. The average molecular weight is 384 g/mol. The number of hydrogen-bond acceptors (Lipinski definition) is 7. The Balaban J connectivity index is 1.78. The molecule has 2 aromatic rings. The van der Waals surface area contributed by atoms with Crippen LogP contribution in [0, 0.1) is 6.92 Å². The van der Waals surface area contributed by atoms with Gasteiger partial charge in [-0.05, 0) is 44.5 Å². The van der Waals surface area contributed by atoms with E-state index in [1.165, 1.54) is 0 Å². The van der Waals surface area contributed by atoms with Crippen molar-refractivity contribution in [1.29, 1.82) is 0 Å². The molecular weight excluding hydrogens is 356 g/mol. The van der Waals surface area contributed by atoms with Crippen LogP contribution in [0.1, 0.15) is 25.1 Å². The molecule has 150 valence electrons. The molecule has 1 aliphatic heterocycles. The van der Waals surface area contributed by atoms with Crippen LogP contribution < -0.4 is 15.1 Å². The second kappa shape index (κ2) is 9.03. The fourth-order valence-corrected chi connectivity index (χ4v) is 2.79. The van der Waals surface area contributed by atoms with Crippen LogP contribution in [0.5, 0.6) is 5.88 Å². The summed E-state index contributed by atoms with van der Waals surface area (Å²) >= 11 is 0. The number of benzene rings is 1. The highest BCUT2D eigenvalue weighted by Gasteiger charge is 2.17. The Morgan fingerprint density at radius 3 is 2.79 bits per heavy atom. The Labute approximate surface area is 166 Å². The monoisotopic (exact) mass is 384 g/mol. The van der Waals surface area contributed by atoms with Gasteiger partial charge in [-0.3, -0.25) is 5.43 Å². The maximum Gasteiger partial charge on any atom is 0.216 e. The SMILES string of the molecule is Cc1cccc(NN=Cc2cc(N3CCOCC3)cc(OCC(C)(C)O)n2)c1. The predicted octanol–water partition coefficient (Wildman–Crippen LogP) is 2.82. The molecule has 2 N–H and O–H groups in total. The number of nitrogens with zero attached hydrogens (tertiary/aromatic N) is 3. The van der Waals surface area contributed by atoms with Gasteiger partial charge in [0.15, 0.2) is 0 Å². The van der Waals surface area contributed by atoms with Crippen LogP contribution in [0.15, 0.2) is 41.5 Å². The van der Waals surface area contributed by atoms with Gasteiger partial charge in [0.2, 0.25) is 5.88 Å². The number of aryl methyl sites for hydroxylation is 1. The molecule has 0 radical (unpaired) electrons. The quantitative estimate of drug-likeness (QED) is 0.565. The lowest BCUT2D eigenvalue weighted by Crippen LogP contribution is -2.36. The van der Waals surface area contributed by atoms with E-state index >= 15 is 0 Å². The van der Waals surface area contributed by atoms with Gasteiger partial charge < -0.3 is 19.5 Å². The summed E-state index contributed by atoms with van der Waals surface area (Å²) in [4.78, 5) is 6.73.